The zero-order valence-electron chi connectivity index (χ0n) is 20.3. The molecule has 0 spiro atoms. The lowest BCUT2D eigenvalue weighted by atomic mass is 10.0. The molecule has 0 radical (unpaired) electrons. The van der Waals surface area contributed by atoms with Crippen molar-refractivity contribution in [3.63, 3.8) is 0 Å². The lowest BCUT2D eigenvalue weighted by molar-refractivity contribution is -0.126. The fraction of sp³-hybridized carbons (Fsp3) is 0.292. The van der Waals surface area contributed by atoms with Gasteiger partial charge in [0.1, 0.15) is 23.7 Å². The zero-order valence-corrected chi connectivity index (χ0v) is 20.3. The molecule has 0 saturated carbocycles. The number of likely N-dealkylation sites (tertiary alicyclic amines) is 1. The number of hydrogen-bond donors (Lipinski definition) is 1. The summed E-state index contributed by atoms with van der Waals surface area (Å²) in [7, 11) is 3.32. The summed E-state index contributed by atoms with van der Waals surface area (Å²) in [6, 6.07) is 6.31. The van der Waals surface area contributed by atoms with E-state index in [0.717, 1.165) is 13.1 Å². The molecule has 37 heavy (non-hydrogen) atoms. The molecule has 4 aromatic rings. The number of benzene rings is 1. The third-order valence-corrected chi connectivity index (χ3v) is 5.86. The van der Waals surface area contributed by atoms with Crippen LogP contribution in [0.3, 0.4) is 0 Å². The van der Waals surface area contributed by atoms with Crippen molar-refractivity contribution in [2.24, 2.45) is 5.18 Å². The van der Waals surface area contributed by atoms with Crippen molar-refractivity contribution >= 4 is 23.7 Å². The third-order valence-electron chi connectivity index (χ3n) is 5.86. The number of carbonyl (C=O) groups is 2. The summed E-state index contributed by atoms with van der Waals surface area (Å²) >= 11 is 0. The van der Waals surface area contributed by atoms with Crippen LogP contribution in [0.2, 0.25) is 0 Å². The number of nitroso groups, excluding NO2 is 1. The molecule has 3 aromatic heterocycles. The van der Waals surface area contributed by atoms with Crippen LogP contribution in [-0.4, -0.2) is 64.1 Å². The van der Waals surface area contributed by atoms with Crippen molar-refractivity contribution in [1.82, 2.24) is 24.4 Å². The molecule has 0 aliphatic carbocycles. The average molecular weight is 509 g/mol. The lowest BCUT2D eigenvalue weighted by Crippen LogP contribution is -2.41. The fourth-order valence-electron chi connectivity index (χ4n) is 3.86. The van der Waals surface area contributed by atoms with Crippen LogP contribution in [0.1, 0.15) is 33.4 Å². The van der Waals surface area contributed by atoms with E-state index in [1.807, 2.05) is 7.05 Å². The quantitative estimate of drug-likeness (QED) is 0.293. The van der Waals surface area contributed by atoms with Crippen molar-refractivity contribution in [1.29, 1.82) is 0 Å². The highest BCUT2D eigenvalue weighted by Gasteiger charge is 2.30. The van der Waals surface area contributed by atoms with E-state index in [2.05, 4.69) is 35.3 Å². The molecule has 1 amide bonds. The summed E-state index contributed by atoms with van der Waals surface area (Å²) in [5, 5.41) is 9.61. The second-order valence-electron chi connectivity index (χ2n) is 8.48. The van der Waals surface area contributed by atoms with Gasteiger partial charge in [0.2, 0.25) is 11.7 Å². The maximum absolute atomic E-state index is 14.7. The molecule has 4 heterocycles. The molecule has 13 heteroatoms. The number of likely N-dealkylation sites (N-methyl/N-ethyl adjacent to an activating group) is 1. The smallest absolute Gasteiger partial charge is 0.292 e. The first-order chi connectivity index (χ1) is 17.8. The van der Waals surface area contributed by atoms with E-state index < -0.39 is 11.7 Å². The van der Waals surface area contributed by atoms with Gasteiger partial charge in [-0.1, -0.05) is 10.3 Å². The Balaban J connectivity index is 0.000000747. The van der Waals surface area contributed by atoms with Gasteiger partial charge in [0, 0.05) is 36.1 Å². The Labute approximate surface area is 210 Å². The van der Waals surface area contributed by atoms with Crippen molar-refractivity contribution in [3.05, 3.63) is 70.1 Å². The van der Waals surface area contributed by atoms with E-state index in [1.165, 1.54) is 19.4 Å². The Kier molecular flexibility index (Phi) is 7.63. The number of nitrogens with zero attached hydrogens (tertiary/aromatic N) is 6. The summed E-state index contributed by atoms with van der Waals surface area (Å²) in [6.45, 7) is 3.63. The van der Waals surface area contributed by atoms with E-state index in [0.29, 0.717) is 34.8 Å². The molecular formula is C24H24FN7O5. The maximum atomic E-state index is 14.7. The molecule has 1 N–H and O–H groups in total. The van der Waals surface area contributed by atoms with E-state index in [1.54, 1.807) is 35.7 Å². The first kappa shape index (κ1) is 25.6. The maximum Gasteiger partial charge on any atom is 0.292 e. The second-order valence-corrected chi connectivity index (χ2v) is 8.48. The van der Waals surface area contributed by atoms with Crippen LogP contribution < -0.4 is 5.32 Å². The van der Waals surface area contributed by atoms with Gasteiger partial charge in [-0.15, -0.1) is 0 Å². The average Bonchev–Trinajstić information content (AvgIpc) is 3.52. The van der Waals surface area contributed by atoms with E-state index in [4.69, 9.17) is 9.32 Å². The fourth-order valence-corrected chi connectivity index (χ4v) is 3.86. The first-order valence-electron chi connectivity index (χ1n) is 11.2. The summed E-state index contributed by atoms with van der Waals surface area (Å²) in [5.41, 5.74) is 2.43. The van der Waals surface area contributed by atoms with Gasteiger partial charge in [0.25, 0.3) is 12.4 Å². The van der Waals surface area contributed by atoms with Crippen LogP contribution >= 0.6 is 0 Å². The van der Waals surface area contributed by atoms with Crippen LogP contribution in [-0.2, 0) is 16.1 Å². The number of hydrogen-bond acceptors (Lipinski definition) is 10. The Morgan fingerprint density at radius 2 is 2.11 bits per heavy atom. The van der Waals surface area contributed by atoms with Gasteiger partial charge >= 0.3 is 0 Å². The van der Waals surface area contributed by atoms with Gasteiger partial charge < -0.3 is 19.5 Å². The number of halogens is 1. The van der Waals surface area contributed by atoms with Gasteiger partial charge in [-0.25, -0.2) is 9.37 Å². The number of fused-ring (bicyclic) bond motifs is 1. The molecule has 192 valence electrons. The molecule has 1 aliphatic rings. The number of carbonyl (C=O) groups excluding carboxylic acids is 2. The number of ether oxygens (including phenoxy) is 1. The number of pyridine rings is 1. The molecule has 1 aromatic carbocycles. The lowest BCUT2D eigenvalue weighted by Gasteiger charge is -2.33. The topological polar surface area (TPSA) is 144 Å². The van der Waals surface area contributed by atoms with Crippen molar-refractivity contribution in [3.8, 4) is 11.4 Å². The predicted octanol–water partition coefficient (Wildman–Crippen LogP) is 3.17. The second kappa shape index (κ2) is 11.0. The van der Waals surface area contributed by atoms with Gasteiger partial charge in [-0.3, -0.25) is 14.0 Å². The minimum atomic E-state index is -0.498. The minimum Gasteiger partial charge on any atom is -0.471 e. The Hall–Kier alpha value is -4.52. The first-order valence-corrected chi connectivity index (χ1v) is 11.2. The molecule has 0 unspecified atom stereocenters. The molecule has 12 nitrogen and oxygen atoms in total. The van der Waals surface area contributed by atoms with Crippen molar-refractivity contribution in [2.75, 3.05) is 32.6 Å². The number of amides is 1. The van der Waals surface area contributed by atoms with Crippen LogP contribution in [0.25, 0.3) is 17.0 Å². The zero-order chi connectivity index (χ0) is 26.5. The molecular weight excluding hydrogens is 485 g/mol. The van der Waals surface area contributed by atoms with Gasteiger partial charge in [-0.2, -0.15) is 9.89 Å². The van der Waals surface area contributed by atoms with E-state index >= 15 is 0 Å². The van der Waals surface area contributed by atoms with Crippen molar-refractivity contribution < 1.29 is 23.2 Å². The van der Waals surface area contributed by atoms with Crippen LogP contribution in [0.4, 0.5) is 10.1 Å². The Morgan fingerprint density at radius 1 is 1.35 bits per heavy atom. The summed E-state index contributed by atoms with van der Waals surface area (Å²) in [5.74, 6) is -0.00953. The number of anilines is 1. The van der Waals surface area contributed by atoms with Crippen LogP contribution in [0.15, 0.2) is 46.4 Å². The Morgan fingerprint density at radius 3 is 2.78 bits per heavy atom. The number of rotatable bonds is 7. The molecule has 0 atom stereocenters. The minimum absolute atomic E-state index is 0.0192. The molecule has 1 fully saturated rings. The largest absolute Gasteiger partial charge is 0.471 e. The van der Waals surface area contributed by atoms with Crippen LogP contribution in [0, 0.1) is 17.6 Å². The van der Waals surface area contributed by atoms with Gasteiger partial charge in [-0.05, 0) is 43.8 Å². The van der Waals surface area contributed by atoms with Crippen LogP contribution in [0.5, 0.6) is 0 Å². The standard InChI is InChI=1S/C22H20FN7O3.C2H4O2/c1-12-16(23)6-14(20-27-22(33-28-20)15-10-29(2)11-15)7-17(12)26-21(31)18-9-24-19-5-13(8-25-32)3-4-30(18)19;1-4-2-3/h3-7,9,15H,8,10-11H2,1-2H3,(H,26,31);2H,1H3. The third kappa shape index (κ3) is 5.51. The molecule has 0 bridgehead atoms. The Bertz CT molecular complexity index is 1440. The highest BCUT2D eigenvalue weighted by atomic mass is 19.1. The number of imidazole rings is 1. The molecule has 1 aliphatic heterocycles. The monoisotopic (exact) mass is 509 g/mol. The molecule has 5 rings (SSSR count). The summed E-state index contributed by atoms with van der Waals surface area (Å²) in [4.78, 5) is 43.2. The summed E-state index contributed by atoms with van der Waals surface area (Å²) in [6.07, 6.45) is 3.06. The predicted molar refractivity (Wildman–Crippen MR) is 130 cm³/mol. The summed E-state index contributed by atoms with van der Waals surface area (Å²) < 4.78 is 25.5. The highest BCUT2D eigenvalue weighted by molar-refractivity contribution is 6.04. The highest BCUT2D eigenvalue weighted by Crippen LogP contribution is 2.30. The number of nitrogens with one attached hydrogen (secondary N) is 1. The van der Waals surface area contributed by atoms with Gasteiger partial charge in [0.05, 0.1) is 19.2 Å². The van der Waals surface area contributed by atoms with E-state index in [9.17, 15) is 14.1 Å². The van der Waals surface area contributed by atoms with Crippen molar-refractivity contribution in [2.45, 2.75) is 19.4 Å². The number of aromatic nitrogens is 4. The molecule has 1 saturated heterocycles. The normalized spacial score (nSPS) is 13.4. The van der Waals surface area contributed by atoms with E-state index in [-0.39, 0.29) is 29.5 Å². The SMILES string of the molecule is COC=O.Cc1c(F)cc(-c2noc(C3CN(C)C3)n2)cc1NC(=O)c1cnc2cc(CN=O)ccn12. The van der Waals surface area contributed by atoms with Gasteiger partial charge in [0.15, 0.2) is 0 Å². The number of methoxy groups -OCH3 is 1.